The maximum Gasteiger partial charge on any atom is 0.149 e. The Morgan fingerprint density at radius 1 is 1.32 bits per heavy atom. The van der Waals surface area contributed by atoms with Gasteiger partial charge in [-0.15, -0.1) is 0 Å². The molecule has 3 rings (SSSR count). The normalized spacial score (nSPS) is 29.3. The number of anilines is 2. The summed E-state index contributed by atoms with van der Waals surface area (Å²) in [6.45, 7) is 3.27. The van der Waals surface area contributed by atoms with Gasteiger partial charge in [0.05, 0.1) is 19.0 Å². The van der Waals surface area contributed by atoms with Gasteiger partial charge in [-0.05, 0) is 32.9 Å². The first-order valence-corrected chi connectivity index (χ1v) is 8.11. The maximum atomic E-state index is 9.99. The average molecular weight is 305 g/mol. The topological polar surface area (TPSA) is 55.7 Å². The van der Waals surface area contributed by atoms with Gasteiger partial charge >= 0.3 is 0 Å². The average Bonchev–Trinajstić information content (AvgIpc) is 2.55. The van der Waals surface area contributed by atoms with Crippen LogP contribution in [0.2, 0.25) is 0 Å². The molecule has 1 aromatic heterocycles. The Morgan fingerprint density at radius 3 is 2.86 bits per heavy atom. The Morgan fingerprint density at radius 2 is 2.14 bits per heavy atom. The van der Waals surface area contributed by atoms with Gasteiger partial charge in [0, 0.05) is 38.6 Å². The molecule has 0 radical (unpaired) electrons. The highest BCUT2D eigenvalue weighted by Gasteiger charge is 2.46. The molecule has 122 valence electrons. The largest absolute Gasteiger partial charge is 0.396 e. The third kappa shape index (κ3) is 2.65. The van der Waals surface area contributed by atoms with E-state index < -0.39 is 0 Å². The van der Waals surface area contributed by atoms with Crippen LogP contribution in [0.25, 0.3) is 0 Å². The van der Waals surface area contributed by atoms with Crippen LogP contribution in [0, 0.1) is 5.41 Å². The molecule has 0 saturated carbocycles. The van der Waals surface area contributed by atoms with Crippen LogP contribution >= 0.6 is 0 Å². The van der Waals surface area contributed by atoms with Crippen molar-refractivity contribution in [2.75, 3.05) is 57.2 Å². The van der Waals surface area contributed by atoms with Crippen molar-refractivity contribution in [2.45, 2.75) is 25.3 Å². The number of likely N-dealkylation sites (N-methyl/N-ethyl adjacent to an activating group) is 1. The summed E-state index contributed by atoms with van der Waals surface area (Å²) in [5.74, 6) is 1.82. The number of rotatable bonds is 3. The minimum Gasteiger partial charge on any atom is -0.396 e. The van der Waals surface area contributed by atoms with Gasteiger partial charge in [0.2, 0.25) is 0 Å². The van der Waals surface area contributed by atoms with Gasteiger partial charge < -0.3 is 19.8 Å². The highest BCUT2D eigenvalue weighted by Crippen LogP contribution is 2.42. The zero-order valence-electron chi connectivity index (χ0n) is 13.9. The predicted octanol–water partition coefficient (Wildman–Crippen LogP) is 0.826. The Kier molecular flexibility index (Phi) is 4.23. The van der Waals surface area contributed by atoms with E-state index in [9.17, 15) is 5.11 Å². The third-order valence-corrected chi connectivity index (χ3v) is 5.40. The van der Waals surface area contributed by atoms with Gasteiger partial charge in [-0.1, -0.05) is 0 Å². The number of aliphatic hydroxyl groups is 1. The SMILES string of the molecule is CN(C)c1cncc(N2CC[C@@]3(CO)CCCN(C)[C@@H]3C2)n1. The number of hydrogen-bond donors (Lipinski definition) is 1. The van der Waals surface area contributed by atoms with Crippen molar-refractivity contribution in [2.24, 2.45) is 5.41 Å². The molecule has 0 spiro atoms. The molecule has 22 heavy (non-hydrogen) atoms. The van der Waals surface area contributed by atoms with E-state index in [1.54, 1.807) is 6.20 Å². The number of aromatic nitrogens is 2. The van der Waals surface area contributed by atoms with Crippen LogP contribution in [-0.2, 0) is 0 Å². The zero-order valence-corrected chi connectivity index (χ0v) is 13.9. The summed E-state index contributed by atoms with van der Waals surface area (Å²) in [7, 11) is 6.14. The van der Waals surface area contributed by atoms with Gasteiger partial charge in [0.15, 0.2) is 0 Å². The molecule has 1 aromatic rings. The van der Waals surface area contributed by atoms with Crippen molar-refractivity contribution in [3.05, 3.63) is 12.4 Å². The second-order valence-corrected chi connectivity index (χ2v) is 6.95. The molecule has 1 N–H and O–H groups in total. The van der Waals surface area contributed by atoms with E-state index in [0.717, 1.165) is 44.1 Å². The lowest BCUT2D eigenvalue weighted by Crippen LogP contribution is -2.61. The smallest absolute Gasteiger partial charge is 0.149 e. The molecule has 6 heteroatoms. The molecular formula is C16H27N5O. The quantitative estimate of drug-likeness (QED) is 0.892. The first-order chi connectivity index (χ1) is 10.6. The number of aliphatic hydroxyl groups excluding tert-OH is 1. The molecule has 3 heterocycles. The first-order valence-electron chi connectivity index (χ1n) is 8.11. The molecule has 2 fully saturated rings. The monoisotopic (exact) mass is 305 g/mol. The summed E-state index contributed by atoms with van der Waals surface area (Å²) in [5.41, 5.74) is 0.0656. The summed E-state index contributed by atoms with van der Waals surface area (Å²) >= 11 is 0. The molecule has 2 aliphatic heterocycles. The molecular weight excluding hydrogens is 278 g/mol. The van der Waals surface area contributed by atoms with Crippen molar-refractivity contribution in [1.29, 1.82) is 0 Å². The Balaban J connectivity index is 1.82. The molecule has 0 aromatic carbocycles. The molecule has 0 aliphatic carbocycles. The van der Waals surface area contributed by atoms with E-state index in [-0.39, 0.29) is 5.41 Å². The standard InChI is InChI=1S/C16H27N5O/c1-19(2)14-9-17-10-15(18-14)21-8-6-16(12-22)5-4-7-20(3)13(16)11-21/h9-10,13,22H,4-8,11-12H2,1-3H3/t13-,16-/m1/s1. The Hall–Kier alpha value is -1.40. The zero-order chi connectivity index (χ0) is 15.7. The highest BCUT2D eigenvalue weighted by molar-refractivity contribution is 5.45. The van der Waals surface area contributed by atoms with Crippen LogP contribution in [0.1, 0.15) is 19.3 Å². The predicted molar refractivity (Wildman–Crippen MR) is 88.4 cm³/mol. The van der Waals surface area contributed by atoms with E-state index in [4.69, 9.17) is 4.98 Å². The van der Waals surface area contributed by atoms with E-state index in [1.165, 1.54) is 6.42 Å². The Bertz CT molecular complexity index is 523. The van der Waals surface area contributed by atoms with Crippen molar-refractivity contribution < 1.29 is 5.11 Å². The van der Waals surface area contributed by atoms with Gasteiger partial charge in [-0.3, -0.25) is 4.98 Å². The van der Waals surface area contributed by atoms with Crippen molar-refractivity contribution in [3.8, 4) is 0 Å². The number of piperidine rings is 2. The van der Waals surface area contributed by atoms with Crippen LogP contribution in [-0.4, -0.2) is 73.4 Å². The number of likely N-dealkylation sites (tertiary alicyclic amines) is 1. The van der Waals surface area contributed by atoms with Crippen molar-refractivity contribution >= 4 is 11.6 Å². The molecule has 2 aliphatic rings. The lowest BCUT2D eigenvalue weighted by Gasteiger charge is -2.53. The minimum atomic E-state index is 0.0656. The fourth-order valence-electron chi connectivity index (χ4n) is 3.94. The van der Waals surface area contributed by atoms with E-state index >= 15 is 0 Å². The number of hydrogen-bond acceptors (Lipinski definition) is 6. The summed E-state index contributed by atoms with van der Waals surface area (Å²) in [5, 5.41) is 9.99. The van der Waals surface area contributed by atoms with Gasteiger partial charge in [0.25, 0.3) is 0 Å². The van der Waals surface area contributed by atoms with Crippen LogP contribution in [0.15, 0.2) is 12.4 Å². The first kappa shape index (κ1) is 15.5. The fourth-order valence-corrected chi connectivity index (χ4v) is 3.94. The van der Waals surface area contributed by atoms with Crippen LogP contribution in [0.4, 0.5) is 11.6 Å². The van der Waals surface area contributed by atoms with Gasteiger partial charge in [-0.25, -0.2) is 4.98 Å². The Labute approximate surface area is 132 Å². The van der Waals surface area contributed by atoms with Crippen LogP contribution in [0.3, 0.4) is 0 Å². The molecule has 0 unspecified atom stereocenters. The van der Waals surface area contributed by atoms with E-state index in [0.29, 0.717) is 12.6 Å². The van der Waals surface area contributed by atoms with E-state index in [2.05, 4.69) is 21.8 Å². The van der Waals surface area contributed by atoms with E-state index in [1.807, 2.05) is 25.2 Å². The molecule has 2 atom stereocenters. The van der Waals surface area contributed by atoms with Gasteiger partial charge in [0.1, 0.15) is 11.6 Å². The van der Waals surface area contributed by atoms with Crippen molar-refractivity contribution in [1.82, 2.24) is 14.9 Å². The number of fused-ring (bicyclic) bond motifs is 1. The molecule has 0 bridgehead atoms. The molecule has 6 nitrogen and oxygen atoms in total. The summed E-state index contributed by atoms with van der Waals surface area (Å²) in [6, 6.07) is 0.393. The third-order valence-electron chi connectivity index (χ3n) is 5.40. The summed E-state index contributed by atoms with van der Waals surface area (Å²) < 4.78 is 0. The highest BCUT2D eigenvalue weighted by atomic mass is 16.3. The van der Waals surface area contributed by atoms with Crippen LogP contribution < -0.4 is 9.80 Å². The maximum absolute atomic E-state index is 9.99. The minimum absolute atomic E-state index is 0.0656. The molecule has 0 amide bonds. The summed E-state index contributed by atoms with van der Waals surface area (Å²) in [6.07, 6.45) is 6.98. The number of nitrogens with zero attached hydrogens (tertiary/aromatic N) is 5. The fraction of sp³-hybridized carbons (Fsp3) is 0.750. The second kappa shape index (κ2) is 6.01. The summed E-state index contributed by atoms with van der Waals surface area (Å²) in [4.78, 5) is 15.8. The lowest BCUT2D eigenvalue weighted by molar-refractivity contribution is -0.0277. The lowest BCUT2D eigenvalue weighted by atomic mass is 9.69. The molecule has 2 saturated heterocycles. The second-order valence-electron chi connectivity index (χ2n) is 6.95. The van der Waals surface area contributed by atoms with Crippen LogP contribution in [0.5, 0.6) is 0 Å². The van der Waals surface area contributed by atoms with Crippen molar-refractivity contribution in [3.63, 3.8) is 0 Å². The van der Waals surface area contributed by atoms with Gasteiger partial charge in [-0.2, -0.15) is 0 Å².